The predicted octanol–water partition coefficient (Wildman–Crippen LogP) is 4.02. The van der Waals surface area contributed by atoms with E-state index in [0.717, 1.165) is 36.8 Å². The number of aromatic nitrogens is 2. The van der Waals surface area contributed by atoms with Crippen molar-refractivity contribution in [3.8, 4) is 0 Å². The molecular weight excluding hydrogens is 248 g/mol. The van der Waals surface area contributed by atoms with E-state index < -0.39 is 0 Å². The zero-order valence-corrected chi connectivity index (χ0v) is 13.2. The minimum absolute atomic E-state index is 0.468. The molecule has 1 aromatic rings. The van der Waals surface area contributed by atoms with E-state index in [-0.39, 0.29) is 0 Å². The van der Waals surface area contributed by atoms with Crippen LogP contribution in [-0.2, 0) is 0 Å². The van der Waals surface area contributed by atoms with Crippen LogP contribution in [0.15, 0.2) is 6.07 Å². The first-order chi connectivity index (χ1) is 9.63. The average molecular weight is 276 g/mol. The second-order valence-electron chi connectivity index (χ2n) is 6.10. The Balaban J connectivity index is 2.15. The number of rotatable bonds is 8. The fourth-order valence-corrected chi connectivity index (χ4v) is 2.34. The molecule has 1 aromatic heterocycles. The number of nitrogens with one attached hydrogen (secondary N) is 2. The number of hydrogen-bond acceptors (Lipinski definition) is 4. The third-order valence-electron chi connectivity index (χ3n) is 3.82. The van der Waals surface area contributed by atoms with Crippen molar-refractivity contribution in [3.05, 3.63) is 11.9 Å². The molecule has 1 atom stereocenters. The van der Waals surface area contributed by atoms with Crippen molar-refractivity contribution in [1.29, 1.82) is 0 Å². The molecule has 1 fully saturated rings. The molecule has 4 heteroatoms. The molecule has 1 aliphatic rings. The molecule has 2 N–H and O–H groups in total. The molecule has 0 amide bonds. The summed E-state index contributed by atoms with van der Waals surface area (Å²) in [5.74, 6) is 4.13. The molecular formula is C16H28N4. The Morgan fingerprint density at radius 1 is 1.20 bits per heavy atom. The molecule has 0 spiro atoms. The Morgan fingerprint density at radius 3 is 2.45 bits per heavy atom. The zero-order chi connectivity index (χ0) is 14.5. The smallest absolute Gasteiger partial charge is 0.136 e. The summed E-state index contributed by atoms with van der Waals surface area (Å²) in [7, 11) is 0. The molecule has 1 saturated carbocycles. The molecule has 20 heavy (non-hydrogen) atoms. The molecule has 1 aliphatic carbocycles. The van der Waals surface area contributed by atoms with Crippen molar-refractivity contribution < 1.29 is 0 Å². The van der Waals surface area contributed by atoms with Gasteiger partial charge in [-0.3, -0.25) is 0 Å². The van der Waals surface area contributed by atoms with Crippen LogP contribution < -0.4 is 10.6 Å². The zero-order valence-electron chi connectivity index (χ0n) is 13.2. The Hall–Kier alpha value is -1.32. The lowest BCUT2D eigenvalue weighted by Crippen LogP contribution is -2.25. The monoisotopic (exact) mass is 276 g/mol. The van der Waals surface area contributed by atoms with Crippen molar-refractivity contribution in [2.24, 2.45) is 5.92 Å². The van der Waals surface area contributed by atoms with Crippen LogP contribution in [0.3, 0.4) is 0 Å². The second-order valence-corrected chi connectivity index (χ2v) is 6.10. The summed E-state index contributed by atoms with van der Waals surface area (Å²) in [6.45, 7) is 9.85. The molecule has 4 nitrogen and oxygen atoms in total. The van der Waals surface area contributed by atoms with E-state index in [9.17, 15) is 0 Å². The Bertz CT molecular complexity index is 426. The standard InChI is InChI=1S/C16H28N4/c1-5-9-17-14-10-15(18-13(6-2)11(3)4)20-16(19-14)12-7-8-12/h10-13H,5-9H2,1-4H3,(H2,17,18,19,20). The third kappa shape index (κ3) is 4.09. The molecule has 1 heterocycles. The van der Waals surface area contributed by atoms with Crippen LogP contribution in [0, 0.1) is 5.92 Å². The van der Waals surface area contributed by atoms with Gasteiger partial charge in [0.1, 0.15) is 17.5 Å². The largest absolute Gasteiger partial charge is 0.370 e. The predicted molar refractivity (Wildman–Crippen MR) is 85.3 cm³/mol. The summed E-state index contributed by atoms with van der Waals surface area (Å²) in [5.41, 5.74) is 0. The van der Waals surface area contributed by atoms with E-state index in [1.165, 1.54) is 12.8 Å². The summed E-state index contributed by atoms with van der Waals surface area (Å²) in [6.07, 6.45) is 4.68. The highest BCUT2D eigenvalue weighted by molar-refractivity contribution is 5.48. The highest BCUT2D eigenvalue weighted by Crippen LogP contribution is 2.39. The Kier molecular flexibility index (Phi) is 5.21. The van der Waals surface area contributed by atoms with Crippen molar-refractivity contribution in [1.82, 2.24) is 9.97 Å². The maximum Gasteiger partial charge on any atom is 0.136 e. The summed E-state index contributed by atoms with van der Waals surface area (Å²) < 4.78 is 0. The van der Waals surface area contributed by atoms with Gasteiger partial charge < -0.3 is 10.6 Å². The van der Waals surface area contributed by atoms with Gasteiger partial charge in [0.15, 0.2) is 0 Å². The lowest BCUT2D eigenvalue weighted by atomic mass is 10.0. The number of hydrogen-bond donors (Lipinski definition) is 2. The van der Waals surface area contributed by atoms with Gasteiger partial charge in [-0.05, 0) is 31.6 Å². The summed E-state index contributed by atoms with van der Waals surface area (Å²) in [6, 6.07) is 2.52. The van der Waals surface area contributed by atoms with Gasteiger partial charge >= 0.3 is 0 Å². The molecule has 2 rings (SSSR count). The van der Waals surface area contributed by atoms with Gasteiger partial charge in [0.05, 0.1) is 0 Å². The summed E-state index contributed by atoms with van der Waals surface area (Å²) in [4.78, 5) is 9.36. The van der Waals surface area contributed by atoms with Crippen molar-refractivity contribution in [2.45, 2.75) is 65.3 Å². The first-order valence-corrected chi connectivity index (χ1v) is 8.03. The maximum absolute atomic E-state index is 4.71. The fraction of sp³-hybridized carbons (Fsp3) is 0.750. The van der Waals surface area contributed by atoms with Gasteiger partial charge in [0.2, 0.25) is 0 Å². The molecule has 0 aromatic carbocycles. The van der Waals surface area contributed by atoms with Crippen molar-refractivity contribution in [3.63, 3.8) is 0 Å². The van der Waals surface area contributed by atoms with Crippen LogP contribution in [0.2, 0.25) is 0 Å². The average Bonchev–Trinajstić information content (AvgIpc) is 3.26. The van der Waals surface area contributed by atoms with Gasteiger partial charge in [-0.25, -0.2) is 9.97 Å². The van der Waals surface area contributed by atoms with Crippen LogP contribution in [0.4, 0.5) is 11.6 Å². The molecule has 0 aliphatic heterocycles. The van der Waals surface area contributed by atoms with Crippen LogP contribution in [0.25, 0.3) is 0 Å². The highest BCUT2D eigenvalue weighted by atomic mass is 15.1. The van der Waals surface area contributed by atoms with Gasteiger partial charge in [0, 0.05) is 24.6 Å². The van der Waals surface area contributed by atoms with Gasteiger partial charge in [-0.15, -0.1) is 0 Å². The molecule has 112 valence electrons. The third-order valence-corrected chi connectivity index (χ3v) is 3.82. The van der Waals surface area contributed by atoms with E-state index in [2.05, 4.69) is 43.3 Å². The van der Waals surface area contributed by atoms with E-state index >= 15 is 0 Å². The normalized spacial score (nSPS) is 16.2. The minimum atomic E-state index is 0.468. The second kappa shape index (κ2) is 6.91. The Morgan fingerprint density at radius 2 is 1.90 bits per heavy atom. The lowest BCUT2D eigenvalue weighted by molar-refractivity contribution is 0.509. The molecule has 0 radical (unpaired) electrons. The summed E-state index contributed by atoms with van der Waals surface area (Å²) >= 11 is 0. The van der Waals surface area contributed by atoms with E-state index in [0.29, 0.717) is 17.9 Å². The summed E-state index contributed by atoms with van der Waals surface area (Å²) in [5, 5.41) is 6.96. The SMILES string of the molecule is CCCNc1cc(NC(CC)C(C)C)nc(C2CC2)n1. The molecule has 1 unspecified atom stereocenters. The molecule has 0 bridgehead atoms. The molecule has 0 saturated heterocycles. The van der Waals surface area contributed by atoms with Gasteiger partial charge in [-0.1, -0.05) is 27.7 Å². The van der Waals surface area contributed by atoms with E-state index in [1.54, 1.807) is 0 Å². The van der Waals surface area contributed by atoms with Gasteiger partial charge in [-0.2, -0.15) is 0 Å². The number of anilines is 2. The quantitative estimate of drug-likeness (QED) is 0.753. The van der Waals surface area contributed by atoms with Crippen molar-refractivity contribution >= 4 is 11.6 Å². The van der Waals surface area contributed by atoms with E-state index in [4.69, 9.17) is 4.98 Å². The van der Waals surface area contributed by atoms with Crippen LogP contribution >= 0.6 is 0 Å². The van der Waals surface area contributed by atoms with Gasteiger partial charge in [0.25, 0.3) is 0 Å². The van der Waals surface area contributed by atoms with Crippen LogP contribution in [0.5, 0.6) is 0 Å². The fourth-order valence-electron chi connectivity index (χ4n) is 2.34. The van der Waals surface area contributed by atoms with E-state index in [1.807, 2.05) is 6.07 Å². The lowest BCUT2D eigenvalue weighted by Gasteiger charge is -2.22. The first kappa shape index (κ1) is 15.1. The number of nitrogens with zero attached hydrogens (tertiary/aromatic N) is 2. The minimum Gasteiger partial charge on any atom is -0.370 e. The van der Waals surface area contributed by atoms with Crippen molar-refractivity contribution in [2.75, 3.05) is 17.2 Å². The first-order valence-electron chi connectivity index (χ1n) is 8.03. The van der Waals surface area contributed by atoms with Crippen LogP contribution in [0.1, 0.15) is 65.1 Å². The maximum atomic E-state index is 4.71. The Labute approximate surface area is 122 Å². The van der Waals surface area contributed by atoms with Crippen LogP contribution in [-0.4, -0.2) is 22.6 Å². The highest BCUT2D eigenvalue weighted by Gasteiger charge is 2.27. The topological polar surface area (TPSA) is 49.8 Å².